The van der Waals surface area contributed by atoms with Gasteiger partial charge in [0.25, 0.3) is 0 Å². The van der Waals surface area contributed by atoms with Gasteiger partial charge >= 0.3 is 0 Å². The lowest BCUT2D eigenvalue weighted by atomic mass is 9.88. The van der Waals surface area contributed by atoms with Crippen molar-refractivity contribution in [3.63, 3.8) is 0 Å². The predicted molar refractivity (Wildman–Crippen MR) is 139 cm³/mol. The van der Waals surface area contributed by atoms with E-state index in [4.69, 9.17) is 21.1 Å². The van der Waals surface area contributed by atoms with Gasteiger partial charge < -0.3 is 19.9 Å². The summed E-state index contributed by atoms with van der Waals surface area (Å²) in [6.07, 6.45) is 0.716. The fourth-order valence-corrected chi connectivity index (χ4v) is 7.21. The van der Waals surface area contributed by atoms with Crippen molar-refractivity contribution in [3.8, 4) is 5.75 Å². The number of aliphatic hydroxyl groups is 1. The fraction of sp³-hybridized carbons (Fsp3) is 0.500. The van der Waals surface area contributed by atoms with Crippen LogP contribution in [0.1, 0.15) is 19.3 Å². The summed E-state index contributed by atoms with van der Waals surface area (Å²) in [5.41, 5.74) is -0.489. The van der Waals surface area contributed by atoms with Gasteiger partial charge in [0, 0.05) is 36.8 Å². The Kier molecular flexibility index (Phi) is 8.99. The number of ether oxygens (including phenoxy) is 2. The molecule has 0 amide bonds. The Morgan fingerprint density at radius 1 is 1.21 bits per heavy atom. The number of nitrogens with one attached hydrogen (secondary N) is 2. The molecule has 0 aliphatic carbocycles. The number of hydrogen-bond acceptors (Lipinski definition) is 8. The number of aliphatic hydroxyl groups excluding tert-OH is 1. The molecule has 0 bridgehead atoms. The summed E-state index contributed by atoms with van der Waals surface area (Å²) >= 11 is 5.88. The van der Waals surface area contributed by atoms with E-state index in [1.807, 2.05) is 0 Å². The Hall–Kier alpha value is -1.84. The minimum Gasteiger partial charge on any atom is -0.491 e. The molecule has 2 aromatic rings. The summed E-state index contributed by atoms with van der Waals surface area (Å²) in [5.74, 6) is -0.516. The lowest BCUT2D eigenvalue weighted by Gasteiger charge is -2.38. The molecule has 2 aliphatic heterocycles. The normalized spacial score (nSPS) is 21.0. The summed E-state index contributed by atoms with van der Waals surface area (Å²) in [7, 11) is -6.30. The molecule has 2 saturated heterocycles. The summed E-state index contributed by atoms with van der Waals surface area (Å²) in [4.78, 5) is -0.366. The molecular weight excluding hydrogens is 561 g/mol. The predicted octanol–water partition coefficient (Wildman–Crippen LogP) is 1.73. The van der Waals surface area contributed by atoms with Gasteiger partial charge in [-0.1, -0.05) is 17.7 Å². The molecule has 0 saturated carbocycles. The van der Waals surface area contributed by atoms with E-state index in [1.165, 1.54) is 29.6 Å². The summed E-state index contributed by atoms with van der Waals surface area (Å²) < 4.78 is 79.1. The molecule has 38 heavy (non-hydrogen) atoms. The number of halogens is 2. The Morgan fingerprint density at radius 2 is 1.95 bits per heavy atom. The van der Waals surface area contributed by atoms with Crippen molar-refractivity contribution >= 4 is 31.6 Å². The van der Waals surface area contributed by atoms with Crippen LogP contribution in [0, 0.1) is 5.82 Å². The van der Waals surface area contributed by atoms with E-state index in [2.05, 4.69) is 10.0 Å². The van der Waals surface area contributed by atoms with Crippen molar-refractivity contribution < 1.29 is 35.8 Å². The Morgan fingerprint density at radius 3 is 2.66 bits per heavy atom. The number of hydrogen-bond donors (Lipinski definition) is 3. The van der Waals surface area contributed by atoms with Gasteiger partial charge in [0.05, 0.1) is 17.1 Å². The highest BCUT2D eigenvalue weighted by Crippen LogP contribution is 2.37. The van der Waals surface area contributed by atoms with Gasteiger partial charge in [0.1, 0.15) is 29.2 Å². The zero-order valence-corrected chi connectivity index (χ0v) is 23.2. The van der Waals surface area contributed by atoms with Crippen molar-refractivity contribution in [2.75, 3.05) is 39.9 Å². The minimum absolute atomic E-state index is 0.0396. The second-order valence-corrected chi connectivity index (χ2v) is 13.7. The van der Waals surface area contributed by atoms with Crippen molar-refractivity contribution in [3.05, 3.63) is 53.3 Å². The van der Waals surface area contributed by atoms with Crippen LogP contribution in [0.15, 0.2) is 52.3 Å². The maximum absolute atomic E-state index is 14.2. The molecule has 2 atom stereocenters. The van der Waals surface area contributed by atoms with Crippen LogP contribution in [0.3, 0.4) is 0 Å². The molecule has 2 aromatic carbocycles. The summed E-state index contributed by atoms with van der Waals surface area (Å²) in [6, 6.07) is 9.43. The maximum atomic E-state index is 14.2. The number of piperidine rings is 1. The van der Waals surface area contributed by atoms with Gasteiger partial charge in [-0.3, -0.25) is 0 Å². The molecule has 1 spiro atoms. The minimum atomic E-state index is -4.02. The molecule has 10 nitrogen and oxygen atoms in total. The van der Waals surface area contributed by atoms with E-state index in [1.54, 1.807) is 12.1 Å². The zero-order chi connectivity index (χ0) is 27.6. The van der Waals surface area contributed by atoms with Crippen LogP contribution < -0.4 is 14.8 Å². The van der Waals surface area contributed by atoms with Gasteiger partial charge in [0.2, 0.25) is 20.0 Å². The van der Waals surface area contributed by atoms with Gasteiger partial charge in [-0.05, 0) is 56.6 Å². The SMILES string of the molecule is CNS(=O)(=O)c1cccc(OCC(O)CNC2COC3(CCN(S(=O)(=O)c4cc(Cl)ccc4F)CC3)C2)c1. The monoisotopic (exact) mass is 591 g/mol. The van der Waals surface area contributed by atoms with E-state index in [0.717, 1.165) is 12.1 Å². The molecule has 2 heterocycles. The lowest BCUT2D eigenvalue weighted by molar-refractivity contribution is -0.0312. The fourth-order valence-electron chi connectivity index (χ4n) is 4.67. The molecule has 3 N–H and O–H groups in total. The largest absolute Gasteiger partial charge is 0.491 e. The van der Waals surface area contributed by atoms with Crippen molar-refractivity contribution in [1.82, 2.24) is 14.3 Å². The van der Waals surface area contributed by atoms with Gasteiger partial charge in [-0.2, -0.15) is 4.31 Å². The van der Waals surface area contributed by atoms with E-state index in [-0.39, 0.29) is 42.2 Å². The molecule has 0 aromatic heterocycles. The third-order valence-corrected chi connectivity index (χ3v) is 10.4. The van der Waals surface area contributed by atoms with Crippen molar-refractivity contribution in [2.45, 2.75) is 46.8 Å². The highest BCUT2D eigenvalue weighted by molar-refractivity contribution is 7.89. The quantitative estimate of drug-likeness (QED) is 0.380. The van der Waals surface area contributed by atoms with Gasteiger partial charge in [0.15, 0.2) is 0 Å². The zero-order valence-electron chi connectivity index (χ0n) is 20.8. The van der Waals surface area contributed by atoms with Crippen LogP contribution in [-0.2, 0) is 24.8 Å². The van der Waals surface area contributed by atoms with E-state index >= 15 is 0 Å². The van der Waals surface area contributed by atoms with Crippen LogP contribution in [0.4, 0.5) is 4.39 Å². The average Bonchev–Trinajstić information content (AvgIpc) is 3.30. The maximum Gasteiger partial charge on any atom is 0.246 e. The van der Waals surface area contributed by atoms with Gasteiger partial charge in [-0.15, -0.1) is 0 Å². The molecule has 210 valence electrons. The van der Waals surface area contributed by atoms with Crippen LogP contribution >= 0.6 is 11.6 Å². The molecule has 14 heteroatoms. The van der Waals surface area contributed by atoms with Crippen LogP contribution in [0.25, 0.3) is 0 Å². The second-order valence-electron chi connectivity index (χ2n) is 9.43. The van der Waals surface area contributed by atoms with Crippen LogP contribution in [0.5, 0.6) is 5.75 Å². The standard InChI is InChI=1S/C24H31ClFN3O7S2/c1-27-37(31,32)21-4-2-3-20(12-21)35-16-19(30)14-28-18-13-24(36-15-18)7-9-29(10-8-24)38(33,34)23-11-17(25)5-6-22(23)26/h2-6,11-12,18-19,27-28,30H,7-10,13-16H2,1H3. The molecule has 2 aliphatic rings. The molecule has 0 radical (unpaired) electrons. The average molecular weight is 592 g/mol. The van der Waals surface area contributed by atoms with E-state index < -0.39 is 42.5 Å². The third kappa shape index (κ3) is 6.65. The highest BCUT2D eigenvalue weighted by Gasteiger charge is 2.45. The topological polar surface area (TPSA) is 134 Å². The van der Waals surface area contributed by atoms with Crippen LogP contribution in [0.2, 0.25) is 5.02 Å². The van der Waals surface area contributed by atoms with Crippen molar-refractivity contribution in [2.24, 2.45) is 0 Å². The Balaban J connectivity index is 1.24. The van der Waals surface area contributed by atoms with Crippen molar-refractivity contribution in [1.29, 1.82) is 0 Å². The number of nitrogens with zero attached hydrogens (tertiary/aromatic N) is 1. The first-order valence-corrected chi connectivity index (χ1v) is 15.4. The second kappa shape index (κ2) is 11.7. The first-order valence-electron chi connectivity index (χ1n) is 12.1. The molecule has 4 rings (SSSR count). The Bertz CT molecular complexity index is 1350. The lowest BCUT2D eigenvalue weighted by Crippen LogP contribution is -2.47. The summed E-state index contributed by atoms with van der Waals surface area (Å²) in [5, 5.41) is 13.8. The van der Waals surface area contributed by atoms with Gasteiger partial charge in [-0.25, -0.2) is 25.9 Å². The molecular formula is C24H31ClFN3O7S2. The van der Waals surface area contributed by atoms with Crippen LogP contribution in [-0.4, -0.2) is 83.9 Å². The van der Waals surface area contributed by atoms with E-state index in [0.29, 0.717) is 31.6 Å². The smallest absolute Gasteiger partial charge is 0.246 e. The number of benzene rings is 2. The first kappa shape index (κ1) is 29.2. The Labute approximate surface area is 227 Å². The number of rotatable bonds is 10. The third-order valence-electron chi connectivity index (χ3n) is 6.82. The first-order chi connectivity index (χ1) is 17.9. The highest BCUT2D eigenvalue weighted by atomic mass is 35.5. The molecule has 2 unspecified atom stereocenters. The number of sulfonamides is 2. The summed E-state index contributed by atoms with van der Waals surface area (Å²) in [6.45, 7) is 0.988. The van der Waals surface area contributed by atoms with E-state index in [9.17, 15) is 26.3 Å². The molecule has 2 fully saturated rings.